The summed E-state index contributed by atoms with van der Waals surface area (Å²) in [4.78, 5) is 28.7. The molecule has 4 aromatic rings. The fourth-order valence-electron chi connectivity index (χ4n) is 5.60. The Kier molecular flexibility index (Phi) is 6.57. The largest absolute Gasteiger partial charge is 0.507 e. The van der Waals surface area contributed by atoms with Crippen LogP contribution >= 0.6 is 0 Å². The molecule has 2 aliphatic rings. The van der Waals surface area contributed by atoms with Crippen LogP contribution in [0.3, 0.4) is 0 Å². The van der Waals surface area contributed by atoms with Gasteiger partial charge in [-0.05, 0) is 37.0 Å². The van der Waals surface area contributed by atoms with Crippen molar-refractivity contribution >= 4 is 23.0 Å². The summed E-state index contributed by atoms with van der Waals surface area (Å²) in [5.74, 6) is -0.268. The first kappa shape index (κ1) is 24.8. The Morgan fingerprint density at radius 3 is 2.46 bits per heavy atom. The topological polar surface area (TPSA) is 100 Å². The van der Waals surface area contributed by atoms with E-state index in [4.69, 9.17) is 9.15 Å². The second-order valence-electron chi connectivity index (χ2n) is 10.1. The van der Waals surface area contributed by atoms with Crippen LogP contribution in [0.5, 0.6) is 17.2 Å². The van der Waals surface area contributed by atoms with Gasteiger partial charge in [0.25, 0.3) is 0 Å². The first-order valence-electron chi connectivity index (χ1n) is 13.3. The molecular weight excluding hydrogens is 494 g/mol. The Labute approximate surface area is 225 Å². The molecule has 2 aliphatic heterocycles. The molecule has 3 aromatic carbocycles. The molecule has 1 atom stereocenters. The molecule has 0 radical (unpaired) electrons. The number of ether oxygens (including phenoxy) is 1. The molecule has 0 unspecified atom stereocenters. The second kappa shape index (κ2) is 10.3. The van der Waals surface area contributed by atoms with Crippen LogP contribution in [0.1, 0.15) is 42.7 Å². The number of hydrogen-bond donors (Lipinski definition) is 2. The molecular formula is C32H29NO6. The SMILES string of the molecule is O=C(C[C@@H](C1=Cc2ccccc2OC1)c1c(O)cc(O)c2c(=O)cc(-c3ccccc3)oc12)N1CCCCC1. The maximum Gasteiger partial charge on any atom is 0.223 e. The minimum absolute atomic E-state index is 0.0318. The zero-order valence-corrected chi connectivity index (χ0v) is 21.4. The molecule has 2 N–H and O–H groups in total. The molecule has 198 valence electrons. The normalized spacial score (nSPS) is 15.8. The lowest BCUT2D eigenvalue weighted by molar-refractivity contribution is -0.132. The van der Waals surface area contributed by atoms with E-state index in [0.717, 1.165) is 42.2 Å². The van der Waals surface area contributed by atoms with Crippen LogP contribution in [0.4, 0.5) is 0 Å². The first-order chi connectivity index (χ1) is 19.0. The van der Waals surface area contributed by atoms with Crippen molar-refractivity contribution in [3.05, 3.63) is 93.7 Å². The van der Waals surface area contributed by atoms with E-state index in [9.17, 15) is 19.8 Å². The predicted molar refractivity (Wildman–Crippen MR) is 149 cm³/mol. The number of para-hydroxylation sites is 1. The fraction of sp³-hybridized carbons (Fsp3) is 0.250. The quantitative estimate of drug-likeness (QED) is 0.341. The van der Waals surface area contributed by atoms with Gasteiger partial charge in [0.15, 0.2) is 5.43 Å². The number of piperidine rings is 1. The number of benzene rings is 3. The Morgan fingerprint density at radius 2 is 1.67 bits per heavy atom. The van der Waals surface area contributed by atoms with E-state index < -0.39 is 11.3 Å². The maximum absolute atomic E-state index is 13.6. The van der Waals surface area contributed by atoms with Gasteiger partial charge in [0.1, 0.15) is 40.6 Å². The van der Waals surface area contributed by atoms with Crippen LogP contribution in [0.2, 0.25) is 0 Å². The van der Waals surface area contributed by atoms with Gasteiger partial charge in [-0.25, -0.2) is 0 Å². The van der Waals surface area contributed by atoms with E-state index in [-0.39, 0.29) is 47.0 Å². The van der Waals surface area contributed by atoms with Gasteiger partial charge in [-0.3, -0.25) is 9.59 Å². The number of amides is 1. The number of likely N-dealkylation sites (tertiary alicyclic amines) is 1. The van der Waals surface area contributed by atoms with Crippen molar-refractivity contribution in [2.75, 3.05) is 19.7 Å². The molecule has 0 aliphatic carbocycles. The zero-order chi connectivity index (χ0) is 26.9. The van der Waals surface area contributed by atoms with Crippen LogP contribution in [0.25, 0.3) is 28.4 Å². The highest BCUT2D eigenvalue weighted by atomic mass is 16.5. The molecule has 1 saturated heterocycles. The highest BCUT2D eigenvalue weighted by Crippen LogP contribution is 2.45. The van der Waals surface area contributed by atoms with Crippen LogP contribution in [0, 0.1) is 0 Å². The van der Waals surface area contributed by atoms with E-state index in [2.05, 4.69) is 0 Å². The van der Waals surface area contributed by atoms with Crippen molar-refractivity contribution < 1.29 is 24.2 Å². The molecule has 7 heteroatoms. The monoisotopic (exact) mass is 523 g/mol. The van der Waals surface area contributed by atoms with Crippen molar-refractivity contribution in [3.8, 4) is 28.6 Å². The number of phenols is 2. The predicted octanol–water partition coefficient (Wildman–Crippen LogP) is 5.83. The molecule has 0 bridgehead atoms. The smallest absolute Gasteiger partial charge is 0.223 e. The summed E-state index contributed by atoms with van der Waals surface area (Å²) in [7, 11) is 0. The molecule has 0 spiro atoms. The van der Waals surface area contributed by atoms with Gasteiger partial charge in [0, 0.05) is 54.3 Å². The lowest BCUT2D eigenvalue weighted by Gasteiger charge is -2.31. The number of rotatable bonds is 5. The number of phenolic OH excluding ortho intramolecular Hbond substituents is 2. The summed E-state index contributed by atoms with van der Waals surface area (Å²) in [5, 5.41) is 21.9. The van der Waals surface area contributed by atoms with E-state index in [0.29, 0.717) is 24.4 Å². The van der Waals surface area contributed by atoms with Crippen LogP contribution < -0.4 is 10.2 Å². The van der Waals surface area contributed by atoms with Gasteiger partial charge in [0.05, 0.1) is 0 Å². The Bertz CT molecular complexity index is 1630. The van der Waals surface area contributed by atoms with Crippen molar-refractivity contribution in [2.24, 2.45) is 0 Å². The summed E-state index contributed by atoms with van der Waals surface area (Å²) in [6, 6.07) is 19.3. The van der Waals surface area contributed by atoms with Gasteiger partial charge in [-0.1, -0.05) is 48.5 Å². The van der Waals surface area contributed by atoms with E-state index in [1.807, 2.05) is 65.6 Å². The number of aromatic hydroxyl groups is 2. The molecule has 1 aromatic heterocycles. The van der Waals surface area contributed by atoms with E-state index in [1.165, 1.54) is 6.07 Å². The number of carbonyl (C=O) groups is 1. The lowest BCUT2D eigenvalue weighted by atomic mass is 9.84. The number of fused-ring (bicyclic) bond motifs is 2. The highest BCUT2D eigenvalue weighted by Gasteiger charge is 2.32. The number of carbonyl (C=O) groups excluding carboxylic acids is 1. The Hall–Kier alpha value is -4.52. The van der Waals surface area contributed by atoms with Crippen molar-refractivity contribution in [1.82, 2.24) is 4.90 Å². The number of hydrogen-bond acceptors (Lipinski definition) is 6. The van der Waals surface area contributed by atoms with E-state index >= 15 is 0 Å². The molecule has 1 amide bonds. The summed E-state index contributed by atoms with van der Waals surface area (Å²) < 4.78 is 12.3. The van der Waals surface area contributed by atoms with Crippen molar-refractivity contribution in [1.29, 1.82) is 0 Å². The first-order valence-corrected chi connectivity index (χ1v) is 13.3. The molecule has 7 nitrogen and oxygen atoms in total. The van der Waals surface area contributed by atoms with Crippen LogP contribution in [-0.2, 0) is 4.79 Å². The van der Waals surface area contributed by atoms with Crippen LogP contribution in [-0.4, -0.2) is 40.7 Å². The van der Waals surface area contributed by atoms with Gasteiger partial charge >= 0.3 is 0 Å². The molecule has 3 heterocycles. The third-order valence-electron chi connectivity index (χ3n) is 7.59. The average molecular weight is 524 g/mol. The van der Waals surface area contributed by atoms with Gasteiger partial charge < -0.3 is 24.3 Å². The van der Waals surface area contributed by atoms with Crippen molar-refractivity contribution in [2.45, 2.75) is 31.6 Å². The average Bonchev–Trinajstić information content (AvgIpc) is 2.96. The standard InChI is InChI=1S/C32H29NO6/c34-24-17-25(35)31-26(36)18-28(20-9-3-1-4-10-20)39-32(31)30(24)23(16-29(37)33-13-7-2-8-14-33)22-15-21-11-5-6-12-27(21)38-19-22/h1,3-6,9-12,15,17-18,23,34-35H,2,7-8,13-14,16,19H2/t23-/m0/s1. The maximum atomic E-state index is 13.6. The molecule has 1 fully saturated rings. The van der Waals surface area contributed by atoms with E-state index in [1.54, 1.807) is 0 Å². The summed E-state index contributed by atoms with van der Waals surface area (Å²) in [6.45, 7) is 1.60. The highest BCUT2D eigenvalue weighted by molar-refractivity contribution is 5.91. The van der Waals surface area contributed by atoms with Gasteiger partial charge in [-0.15, -0.1) is 0 Å². The van der Waals surface area contributed by atoms with Gasteiger partial charge in [0.2, 0.25) is 5.91 Å². The van der Waals surface area contributed by atoms with Crippen molar-refractivity contribution in [3.63, 3.8) is 0 Å². The zero-order valence-electron chi connectivity index (χ0n) is 21.4. The summed E-state index contributed by atoms with van der Waals surface area (Å²) >= 11 is 0. The van der Waals surface area contributed by atoms with Crippen LogP contribution in [0.15, 0.2) is 81.5 Å². The van der Waals surface area contributed by atoms with Gasteiger partial charge in [-0.2, -0.15) is 0 Å². The molecule has 0 saturated carbocycles. The Balaban J connectivity index is 1.55. The minimum Gasteiger partial charge on any atom is -0.507 e. The third kappa shape index (κ3) is 4.76. The third-order valence-corrected chi connectivity index (χ3v) is 7.59. The minimum atomic E-state index is -0.648. The number of nitrogens with zero attached hydrogens (tertiary/aromatic N) is 1. The summed E-state index contributed by atoms with van der Waals surface area (Å²) in [6.07, 6.45) is 5.05. The Morgan fingerprint density at radius 1 is 0.923 bits per heavy atom. The molecule has 39 heavy (non-hydrogen) atoms. The second-order valence-corrected chi connectivity index (χ2v) is 10.1. The lowest BCUT2D eigenvalue weighted by Crippen LogP contribution is -2.36. The summed E-state index contributed by atoms with van der Waals surface area (Å²) in [5.41, 5.74) is 2.24. The fourth-order valence-corrected chi connectivity index (χ4v) is 5.60. The molecule has 6 rings (SSSR count).